The van der Waals surface area contributed by atoms with Gasteiger partial charge in [0.15, 0.2) is 5.96 Å². The standard InChI is InChI=1S/C86H139N27O29S/c1-40(2)28-51(99-63(122)34-96-70(126)49(21-23-60(88)119)101-75(131)53(30-46-32-93-39-97-46)105-83(139)67(43(7)117)111-80(136)65(90)41(3)4)73(129)107-56(36-115)78(134)108-57(37-116)84(140)113-27-15-20-59(113)79(135)110-66(42(5)6)81(137)112-68(44(8)118)82(138)102-48(18-12-13-25-87)71(127)106-55(35-114)77(133)103-52(29-45-16-10-9-11-17-45)74(130)104-54(31-61(89)120)76(132)100-47(19-14-26-94-86(91)92)69(125)95-33-62(121)98-50(22-24-64(123)124)72(128)109-58(38-143)85(141)142/h9-11,16-17,32,39-44,47-59,65-68,114-118,143H,12-15,18-31,33-38,87,90H2,1-8H3,(H2,88,119)(H2,89,120)(H,93,97)(H,95,125)(H,96,126)(H,98,121)(H,99,122)(H,100,132)(H,101,131)(H,102,138)(H,103,133)(H,104,130)(H,105,139)(H,106,127)(H,107,129)(H,108,134)(H,109,128)(H,110,135)(H,111,136)(H,112,137)(H,123,124)(H,141,142)(H4,91,92,94)/t43-,44-,47+,48+,49+,50+,51+,52+,53+,54+,55+,56+,57+,58+,59+,65+,66+,67+,68+/m1/s1. The first kappa shape index (κ1) is 123. The van der Waals surface area contributed by atoms with Gasteiger partial charge in [-0.1, -0.05) is 71.9 Å². The minimum atomic E-state index is -1.98. The molecule has 1 fully saturated rings. The molecular weight excluding hydrogens is 1910 g/mol. The van der Waals surface area contributed by atoms with Gasteiger partial charge >= 0.3 is 11.9 Å². The number of amides is 20. The van der Waals surface area contributed by atoms with E-state index in [-0.39, 0.29) is 95.0 Å². The summed E-state index contributed by atoms with van der Waals surface area (Å²) < 4.78 is 0. The molecule has 3 rings (SSSR count). The number of benzene rings is 1. The van der Waals surface area contributed by atoms with Crippen molar-refractivity contribution in [1.82, 2.24) is 111 Å². The highest BCUT2D eigenvalue weighted by Gasteiger charge is 2.44. The summed E-state index contributed by atoms with van der Waals surface area (Å²) in [6, 6.07) is -20.7. The van der Waals surface area contributed by atoms with Crippen LogP contribution in [0.4, 0.5) is 0 Å². The first-order valence-electron chi connectivity index (χ1n) is 46.1. The van der Waals surface area contributed by atoms with Crippen LogP contribution in [0.1, 0.15) is 150 Å². The van der Waals surface area contributed by atoms with E-state index in [2.05, 4.69) is 118 Å². The van der Waals surface area contributed by atoms with E-state index in [1.54, 1.807) is 45.9 Å². The average molecular weight is 2050 g/mol. The summed E-state index contributed by atoms with van der Waals surface area (Å²) in [6.07, 6.45) is -4.96. The maximum absolute atomic E-state index is 14.5. The van der Waals surface area contributed by atoms with Crippen LogP contribution in [-0.4, -0.2) is 360 Å². The van der Waals surface area contributed by atoms with Gasteiger partial charge in [-0.3, -0.25) is 106 Å². The maximum atomic E-state index is 14.5. The Labute approximate surface area is 827 Å². The molecule has 1 aliphatic heterocycles. The minimum absolute atomic E-state index is 0.0470. The van der Waals surface area contributed by atoms with E-state index in [0.29, 0.717) is 5.56 Å². The average Bonchev–Trinajstić information content (AvgIpc) is 1.75. The van der Waals surface area contributed by atoms with Crippen LogP contribution in [-0.2, 0) is 118 Å². The molecule has 0 unspecified atom stereocenters. The lowest BCUT2D eigenvalue weighted by molar-refractivity contribution is -0.144. The molecule has 19 atom stereocenters. The number of nitrogens with one attached hydrogen (secondary N) is 20. The number of thiol groups is 1. The summed E-state index contributed by atoms with van der Waals surface area (Å²) in [5.41, 5.74) is 28.6. The van der Waals surface area contributed by atoms with Crippen molar-refractivity contribution >= 4 is 149 Å². The number of imidazole rings is 1. The Balaban J connectivity index is 1.81. The van der Waals surface area contributed by atoms with Gasteiger partial charge < -0.3 is 170 Å². The third-order valence-electron chi connectivity index (χ3n) is 22.0. The number of carboxylic acid groups (broad SMARTS) is 2. The number of aliphatic hydroxyl groups is 5. The molecule has 0 spiro atoms. The molecule has 0 bridgehead atoms. The number of primary amides is 2. The molecule has 798 valence electrons. The number of nitrogens with zero attached hydrogens (tertiary/aromatic N) is 2. The molecule has 1 aromatic carbocycles. The third-order valence-corrected chi connectivity index (χ3v) is 22.4. The number of guanidine groups is 1. The van der Waals surface area contributed by atoms with Crippen LogP contribution in [0, 0.1) is 23.2 Å². The second kappa shape index (κ2) is 63.1. The Hall–Kier alpha value is -13.9. The molecular formula is C86H139N27O29S. The number of carboxylic acids is 2. The highest BCUT2D eigenvalue weighted by Crippen LogP contribution is 2.21. The highest BCUT2D eigenvalue weighted by molar-refractivity contribution is 7.80. The van der Waals surface area contributed by atoms with Crippen molar-refractivity contribution in [3.63, 3.8) is 0 Å². The van der Waals surface area contributed by atoms with Crippen LogP contribution in [0.5, 0.6) is 0 Å². The second-order valence-electron chi connectivity index (χ2n) is 35.0. The lowest BCUT2D eigenvalue weighted by atomic mass is 10.0. The Bertz CT molecular complexity index is 4670. The number of nitrogens with two attached hydrogens (primary N) is 5. The van der Waals surface area contributed by atoms with E-state index in [4.69, 9.17) is 34.1 Å². The lowest BCUT2D eigenvalue weighted by Gasteiger charge is -2.31. The molecule has 2 heterocycles. The van der Waals surface area contributed by atoms with Crippen molar-refractivity contribution in [2.75, 3.05) is 58.3 Å². The van der Waals surface area contributed by atoms with Crippen LogP contribution in [0.25, 0.3) is 0 Å². The summed E-state index contributed by atoms with van der Waals surface area (Å²) in [5.74, 6) is -27.5. The number of rotatable bonds is 66. The predicted molar refractivity (Wildman–Crippen MR) is 507 cm³/mol. The van der Waals surface area contributed by atoms with E-state index in [1.165, 1.54) is 45.4 Å². The Kier molecular flexibility index (Phi) is 54.4. The molecule has 57 heteroatoms. The number of hydrogen-bond acceptors (Lipinski definition) is 32. The van der Waals surface area contributed by atoms with Crippen molar-refractivity contribution in [2.24, 2.45) is 46.4 Å². The summed E-state index contributed by atoms with van der Waals surface area (Å²) in [7, 11) is 0. The fraction of sp³-hybridized carbons (Fsp3) is 0.628. The number of hydrogen-bond donors (Lipinski definition) is 33. The van der Waals surface area contributed by atoms with E-state index in [0.717, 1.165) is 11.8 Å². The van der Waals surface area contributed by atoms with Crippen molar-refractivity contribution < 1.29 is 141 Å². The van der Waals surface area contributed by atoms with Gasteiger partial charge in [0.2, 0.25) is 118 Å². The fourth-order valence-electron chi connectivity index (χ4n) is 14.1. The zero-order valence-corrected chi connectivity index (χ0v) is 81.4. The third kappa shape index (κ3) is 44.0. The van der Waals surface area contributed by atoms with Gasteiger partial charge in [-0.25, -0.2) is 9.78 Å². The number of unbranched alkanes of at least 4 members (excludes halogenated alkanes) is 1. The zero-order valence-electron chi connectivity index (χ0n) is 80.6. The first-order chi connectivity index (χ1) is 67.3. The quantitative estimate of drug-likeness (QED) is 0.0127. The number of carbonyl (C=O) groups is 22. The topological polar surface area (TPSA) is 920 Å². The zero-order chi connectivity index (χ0) is 108. The molecule has 0 radical (unpaired) electrons. The minimum Gasteiger partial charge on any atom is -0.481 e. The molecule has 37 N–H and O–H groups in total. The number of H-pyrrole nitrogens is 1. The number of aliphatic hydroxyl groups excluding tert-OH is 5. The number of aliphatic carboxylic acids is 2. The maximum Gasteiger partial charge on any atom is 0.327 e. The molecule has 1 saturated heterocycles. The van der Waals surface area contributed by atoms with Crippen LogP contribution < -0.4 is 124 Å². The monoisotopic (exact) mass is 2050 g/mol. The van der Waals surface area contributed by atoms with Crippen molar-refractivity contribution in [3.05, 3.63) is 54.1 Å². The summed E-state index contributed by atoms with van der Waals surface area (Å²) in [5, 5.41) is 122. The first-order valence-corrected chi connectivity index (χ1v) is 46.7. The SMILES string of the molecule is CC(C)C[C@H](NC(=O)CNC(=O)[C@H](CCC(N)=O)NC(=O)[C@H](Cc1c[nH]cn1)NC(=O)[C@@H](NC(=O)[C@@H](N)C(C)C)[C@@H](C)O)C(=O)N[C@@H](CO)C(=O)N[C@@H](CO)C(=O)N1CCC[C@H]1C(=O)N[C@H](C(=O)N[C@H](C(=O)N[C@@H](CCCCN)C(=O)N[C@@H](CO)C(=O)N[C@@H](Cc1ccccc1)C(=O)N[C@@H](CC(N)=O)C(=O)N[C@@H](CCCNC(=N)N)C(=O)NCC(=O)N[C@@H](CCC(=O)O)C(=O)N[C@@H](CS)C(=O)O)[C@@H](C)O)C(C)C. The van der Waals surface area contributed by atoms with Gasteiger partial charge in [0.1, 0.15) is 96.7 Å². The highest BCUT2D eigenvalue weighted by atomic mass is 32.1. The molecule has 0 saturated carbocycles. The van der Waals surface area contributed by atoms with E-state index >= 15 is 0 Å². The van der Waals surface area contributed by atoms with Gasteiger partial charge in [-0.2, -0.15) is 12.6 Å². The second-order valence-corrected chi connectivity index (χ2v) is 35.3. The summed E-state index contributed by atoms with van der Waals surface area (Å²) in [4.78, 5) is 306. The van der Waals surface area contributed by atoms with Crippen LogP contribution >= 0.6 is 12.6 Å². The molecule has 2 aromatic rings. The van der Waals surface area contributed by atoms with Crippen LogP contribution in [0.2, 0.25) is 0 Å². The van der Waals surface area contributed by atoms with Crippen LogP contribution in [0.15, 0.2) is 42.9 Å². The largest absolute Gasteiger partial charge is 0.481 e. The predicted octanol–water partition coefficient (Wildman–Crippen LogP) is -13.5. The van der Waals surface area contributed by atoms with Gasteiger partial charge in [0, 0.05) is 50.7 Å². The summed E-state index contributed by atoms with van der Waals surface area (Å²) in [6.45, 7) is 6.25. The Morgan fingerprint density at radius 2 is 0.902 bits per heavy atom. The fourth-order valence-corrected chi connectivity index (χ4v) is 14.3. The van der Waals surface area contributed by atoms with Gasteiger partial charge in [0.05, 0.1) is 69.6 Å². The van der Waals surface area contributed by atoms with Crippen LogP contribution in [0.3, 0.4) is 0 Å². The van der Waals surface area contributed by atoms with Crippen molar-refractivity contribution in [1.29, 1.82) is 5.41 Å². The molecule has 56 nitrogen and oxygen atoms in total. The van der Waals surface area contributed by atoms with E-state index in [1.807, 2.05) is 0 Å². The normalized spacial score (nSPS) is 16.0. The van der Waals surface area contributed by atoms with Gasteiger partial charge in [0.25, 0.3) is 0 Å². The smallest absolute Gasteiger partial charge is 0.327 e. The molecule has 0 aliphatic carbocycles. The summed E-state index contributed by atoms with van der Waals surface area (Å²) >= 11 is 3.87. The Morgan fingerprint density at radius 3 is 1.38 bits per heavy atom. The number of aromatic amines is 1. The van der Waals surface area contributed by atoms with E-state index < -0.39 is 334 Å². The number of aromatic nitrogens is 2. The number of carbonyl (C=O) groups excluding carboxylic acids is 20. The van der Waals surface area contributed by atoms with Gasteiger partial charge in [-0.15, -0.1) is 0 Å². The molecule has 20 amide bonds. The molecule has 1 aromatic heterocycles. The lowest BCUT2D eigenvalue weighted by Crippen LogP contribution is -2.63. The molecule has 143 heavy (non-hydrogen) atoms. The van der Waals surface area contributed by atoms with Crippen molar-refractivity contribution in [3.8, 4) is 0 Å². The van der Waals surface area contributed by atoms with E-state index in [9.17, 15) is 141 Å². The van der Waals surface area contributed by atoms with Crippen molar-refractivity contribution in [2.45, 2.75) is 267 Å². The van der Waals surface area contributed by atoms with Gasteiger partial charge in [-0.05, 0) is 108 Å². The Morgan fingerprint density at radius 1 is 0.469 bits per heavy atom. The molecule has 1 aliphatic rings. The number of likely N-dealkylation sites (tertiary alicyclic amines) is 1.